The van der Waals surface area contributed by atoms with Crippen LogP contribution >= 0.6 is 0 Å². The van der Waals surface area contributed by atoms with Crippen molar-refractivity contribution in [2.24, 2.45) is 4.99 Å². The second-order valence-electron chi connectivity index (χ2n) is 6.61. The smallest absolute Gasteiger partial charge is 0.194 e. The minimum Gasteiger partial charge on any atom is -0.378 e. The van der Waals surface area contributed by atoms with E-state index in [1.807, 2.05) is 12.1 Å². The molecule has 2 saturated heterocycles. The van der Waals surface area contributed by atoms with Crippen LogP contribution in [0.25, 0.3) is 0 Å². The van der Waals surface area contributed by atoms with Gasteiger partial charge in [0.25, 0.3) is 0 Å². The lowest BCUT2D eigenvalue weighted by molar-refractivity contribution is 0.106. The van der Waals surface area contributed by atoms with Gasteiger partial charge in [0.15, 0.2) is 5.96 Å². The number of hydrogen-bond acceptors (Lipinski definition) is 3. The van der Waals surface area contributed by atoms with E-state index in [4.69, 9.17) is 9.73 Å². The van der Waals surface area contributed by atoms with E-state index in [0.29, 0.717) is 6.10 Å². The molecule has 138 valence electrons. The number of guanidine groups is 1. The highest BCUT2D eigenvalue weighted by atomic mass is 19.1. The molecule has 5 nitrogen and oxygen atoms in total. The van der Waals surface area contributed by atoms with Crippen molar-refractivity contribution in [2.75, 3.05) is 50.8 Å². The third-order valence-electron chi connectivity index (χ3n) is 4.84. The van der Waals surface area contributed by atoms with Gasteiger partial charge in [0.1, 0.15) is 5.82 Å². The van der Waals surface area contributed by atoms with Crippen LogP contribution in [0, 0.1) is 5.82 Å². The lowest BCUT2D eigenvalue weighted by Crippen LogP contribution is -2.52. The Morgan fingerprint density at radius 1 is 1.24 bits per heavy atom. The van der Waals surface area contributed by atoms with Crippen LogP contribution in [0.5, 0.6) is 0 Å². The summed E-state index contributed by atoms with van der Waals surface area (Å²) in [5.74, 6) is 0.814. The Kier molecular flexibility index (Phi) is 6.50. The summed E-state index contributed by atoms with van der Waals surface area (Å²) in [5.41, 5.74) is 1.08. The van der Waals surface area contributed by atoms with E-state index in [-0.39, 0.29) is 5.82 Å². The van der Waals surface area contributed by atoms with E-state index in [1.54, 1.807) is 0 Å². The summed E-state index contributed by atoms with van der Waals surface area (Å²) in [7, 11) is 0. The molecular formula is C19H29FN4O. The van der Waals surface area contributed by atoms with Crippen LogP contribution in [0.4, 0.5) is 10.1 Å². The minimum absolute atomic E-state index is 0.185. The number of anilines is 1. The Morgan fingerprint density at radius 3 is 2.64 bits per heavy atom. The Bertz CT molecular complexity index is 549. The van der Waals surface area contributed by atoms with Gasteiger partial charge in [-0.15, -0.1) is 0 Å². The van der Waals surface area contributed by atoms with Crippen LogP contribution in [0.15, 0.2) is 29.3 Å². The third kappa shape index (κ3) is 5.08. The van der Waals surface area contributed by atoms with Crippen molar-refractivity contribution >= 4 is 11.6 Å². The molecule has 0 amide bonds. The molecule has 3 rings (SSSR count). The fraction of sp³-hybridized carbons (Fsp3) is 0.632. The summed E-state index contributed by atoms with van der Waals surface area (Å²) >= 11 is 0. The third-order valence-corrected chi connectivity index (χ3v) is 4.84. The summed E-state index contributed by atoms with van der Waals surface area (Å²) in [4.78, 5) is 9.41. The quantitative estimate of drug-likeness (QED) is 0.656. The molecule has 0 saturated carbocycles. The topological polar surface area (TPSA) is 40.1 Å². The molecule has 2 aliphatic rings. The number of aliphatic imine (C=N–C) groups is 1. The predicted molar refractivity (Wildman–Crippen MR) is 99.8 cm³/mol. The van der Waals surface area contributed by atoms with E-state index in [0.717, 1.165) is 63.9 Å². The number of nitrogens with one attached hydrogen (secondary N) is 1. The Labute approximate surface area is 149 Å². The fourth-order valence-electron chi connectivity index (χ4n) is 3.44. The molecule has 25 heavy (non-hydrogen) atoms. The van der Waals surface area contributed by atoms with E-state index < -0.39 is 0 Å². The second-order valence-corrected chi connectivity index (χ2v) is 6.61. The fourth-order valence-corrected chi connectivity index (χ4v) is 3.44. The Balaban J connectivity index is 1.51. The number of halogens is 1. The van der Waals surface area contributed by atoms with Crippen LogP contribution in [-0.4, -0.2) is 62.8 Å². The van der Waals surface area contributed by atoms with Gasteiger partial charge < -0.3 is 19.9 Å². The molecule has 2 aliphatic heterocycles. The van der Waals surface area contributed by atoms with Crippen LogP contribution in [0.1, 0.15) is 26.2 Å². The molecule has 0 aromatic heterocycles. The Morgan fingerprint density at radius 2 is 2.00 bits per heavy atom. The highest BCUT2D eigenvalue weighted by molar-refractivity contribution is 5.80. The Hall–Kier alpha value is -1.82. The van der Waals surface area contributed by atoms with Crippen LogP contribution in [-0.2, 0) is 4.74 Å². The SMILES string of the molecule is CCNC(=NCCC1CCCO1)N1CCN(c2ccc(F)cc2)CC1. The molecular weight excluding hydrogens is 319 g/mol. The highest BCUT2D eigenvalue weighted by Crippen LogP contribution is 2.17. The molecule has 2 fully saturated rings. The molecule has 1 aromatic rings. The molecule has 1 unspecified atom stereocenters. The summed E-state index contributed by atoms with van der Waals surface area (Å²) in [5, 5.41) is 3.41. The lowest BCUT2D eigenvalue weighted by atomic mass is 10.2. The number of rotatable bonds is 5. The summed E-state index contributed by atoms with van der Waals surface area (Å²) in [6.45, 7) is 8.36. The number of nitrogens with zero attached hydrogens (tertiary/aromatic N) is 3. The van der Waals surface area contributed by atoms with Crippen LogP contribution < -0.4 is 10.2 Å². The first-order valence-corrected chi connectivity index (χ1v) is 9.41. The molecule has 1 N–H and O–H groups in total. The number of benzene rings is 1. The first-order valence-electron chi connectivity index (χ1n) is 9.41. The van der Waals surface area contributed by atoms with Crippen molar-refractivity contribution in [3.8, 4) is 0 Å². The number of ether oxygens (including phenoxy) is 1. The van der Waals surface area contributed by atoms with Crippen LogP contribution in [0.3, 0.4) is 0 Å². The highest BCUT2D eigenvalue weighted by Gasteiger charge is 2.20. The zero-order valence-electron chi connectivity index (χ0n) is 15.1. The summed E-state index contributed by atoms with van der Waals surface area (Å²) in [6.07, 6.45) is 3.74. The van der Waals surface area contributed by atoms with Crippen molar-refractivity contribution in [1.82, 2.24) is 10.2 Å². The van der Waals surface area contributed by atoms with Gasteiger partial charge in [-0.3, -0.25) is 4.99 Å². The maximum atomic E-state index is 13.1. The largest absolute Gasteiger partial charge is 0.378 e. The average molecular weight is 348 g/mol. The zero-order valence-corrected chi connectivity index (χ0v) is 15.1. The molecule has 0 radical (unpaired) electrons. The van der Waals surface area contributed by atoms with E-state index in [9.17, 15) is 4.39 Å². The normalized spacial score (nSPS) is 21.7. The molecule has 0 spiro atoms. The molecule has 1 aromatic carbocycles. The van der Waals surface area contributed by atoms with Gasteiger partial charge in [0.05, 0.1) is 6.10 Å². The van der Waals surface area contributed by atoms with Crippen molar-refractivity contribution in [3.05, 3.63) is 30.1 Å². The van der Waals surface area contributed by atoms with E-state index in [2.05, 4.69) is 22.0 Å². The maximum Gasteiger partial charge on any atom is 0.194 e. The predicted octanol–water partition coefficient (Wildman–Crippen LogP) is 2.48. The van der Waals surface area contributed by atoms with Crippen molar-refractivity contribution in [3.63, 3.8) is 0 Å². The monoisotopic (exact) mass is 348 g/mol. The molecule has 6 heteroatoms. The van der Waals surface area contributed by atoms with Crippen molar-refractivity contribution in [2.45, 2.75) is 32.3 Å². The number of hydrogen-bond donors (Lipinski definition) is 1. The second kappa shape index (κ2) is 9.04. The molecule has 2 heterocycles. The van der Waals surface area contributed by atoms with E-state index in [1.165, 1.54) is 25.0 Å². The number of piperazine rings is 1. The van der Waals surface area contributed by atoms with Gasteiger partial charge in [-0.2, -0.15) is 0 Å². The molecule has 0 aliphatic carbocycles. The van der Waals surface area contributed by atoms with Gasteiger partial charge in [-0.1, -0.05) is 0 Å². The maximum absolute atomic E-state index is 13.1. The van der Waals surface area contributed by atoms with Gasteiger partial charge in [-0.25, -0.2) is 4.39 Å². The zero-order chi connectivity index (χ0) is 17.5. The van der Waals surface area contributed by atoms with Crippen molar-refractivity contribution < 1.29 is 9.13 Å². The first-order chi connectivity index (χ1) is 12.3. The molecule has 0 bridgehead atoms. The lowest BCUT2D eigenvalue weighted by Gasteiger charge is -2.37. The van der Waals surface area contributed by atoms with Gasteiger partial charge in [0, 0.05) is 51.6 Å². The van der Waals surface area contributed by atoms with Crippen molar-refractivity contribution in [1.29, 1.82) is 0 Å². The summed E-state index contributed by atoms with van der Waals surface area (Å²) in [6, 6.07) is 6.76. The van der Waals surface area contributed by atoms with E-state index >= 15 is 0 Å². The summed E-state index contributed by atoms with van der Waals surface area (Å²) < 4.78 is 18.8. The average Bonchev–Trinajstić information content (AvgIpc) is 3.15. The van der Waals surface area contributed by atoms with Crippen LogP contribution in [0.2, 0.25) is 0 Å². The van der Waals surface area contributed by atoms with Gasteiger partial charge in [-0.05, 0) is 50.5 Å². The van der Waals surface area contributed by atoms with Gasteiger partial charge in [0.2, 0.25) is 0 Å². The van der Waals surface area contributed by atoms with Gasteiger partial charge >= 0.3 is 0 Å². The molecule has 1 atom stereocenters. The first kappa shape index (κ1) is 18.0. The standard InChI is InChI=1S/C19H29FN4O/c1-2-21-19(22-10-9-18-4-3-15-25-18)24-13-11-23(12-14-24)17-7-5-16(20)6-8-17/h5-8,18H,2-4,9-15H2,1H3,(H,21,22). The minimum atomic E-state index is -0.185.